The Labute approximate surface area is 157 Å². The van der Waals surface area contributed by atoms with E-state index in [1.807, 2.05) is 0 Å². The number of hydrogen-bond acceptors (Lipinski definition) is 5. The van der Waals surface area contributed by atoms with Gasteiger partial charge in [0.2, 0.25) is 10.0 Å². The lowest BCUT2D eigenvalue weighted by molar-refractivity contribution is -0.118. The van der Waals surface area contributed by atoms with Gasteiger partial charge in [-0.1, -0.05) is 11.6 Å². The van der Waals surface area contributed by atoms with Crippen LogP contribution in [0.1, 0.15) is 0 Å². The summed E-state index contributed by atoms with van der Waals surface area (Å²) in [5.74, 6) is 0.510. The average Bonchev–Trinajstić information content (AvgIpc) is 2.60. The summed E-state index contributed by atoms with van der Waals surface area (Å²) in [6, 6.07) is 10.7. The molecule has 0 unspecified atom stereocenters. The molecular formula is C17H19ClN2O5S. The molecule has 0 saturated heterocycles. The molecule has 1 N–H and O–H groups in total. The summed E-state index contributed by atoms with van der Waals surface area (Å²) in [5, 5.41) is 3.03. The van der Waals surface area contributed by atoms with Crippen LogP contribution in [0.15, 0.2) is 47.4 Å². The Hall–Kier alpha value is -2.29. The van der Waals surface area contributed by atoms with E-state index >= 15 is 0 Å². The van der Waals surface area contributed by atoms with Crippen LogP contribution < -0.4 is 14.8 Å². The van der Waals surface area contributed by atoms with E-state index in [1.165, 1.54) is 45.5 Å². The minimum Gasteiger partial charge on any atom is -0.495 e. The number of benzene rings is 2. The van der Waals surface area contributed by atoms with Gasteiger partial charge in [-0.2, -0.15) is 0 Å². The summed E-state index contributed by atoms with van der Waals surface area (Å²) >= 11 is 6.00. The predicted molar refractivity (Wildman–Crippen MR) is 99.4 cm³/mol. The van der Waals surface area contributed by atoms with Crippen LogP contribution in [0.25, 0.3) is 0 Å². The van der Waals surface area contributed by atoms with Gasteiger partial charge in [-0.3, -0.25) is 4.79 Å². The van der Waals surface area contributed by atoms with Crippen molar-refractivity contribution in [3.05, 3.63) is 47.5 Å². The van der Waals surface area contributed by atoms with Crippen LogP contribution in [0.4, 0.5) is 5.69 Å². The minimum absolute atomic E-state index is 0.146. The van der Waals surface area contributed by atoms with Gasteiger partial charge in [0.1, 0.15) is 11.5 Å². The maximum Gasteiger partial charge on any atom is 0.262 e. The molecule has 1 amide bonds. The fourth-order valence-corrected chi connectivity index (χ4v) is 3.17. The molecule has 2 rings (SSSR count). The molecule has 140 valence electrons. The molecule has 0 atom stereocenters. The Morgan fingerprint density at radius 2 is 1.81 bits per heavy atom. The summed E-state index contributed by atoms with van der Waals surface area (Å²) < 4.78 is 35.5. The Morgan fingerprint density at radius 1 is 1.15 bits per heavy atom. The first-order valence-electron chi connectivity index (χ1n) is 7.53. The number of ether oxygens (including phenoxy) is 2. The molecule has 0 fully saturated rings. The highest BCUT2D eigenvalue weighted by Crippen LogP contribution is 2.27. The van der Waals surface area contributed by atoms with E-state index < -0.39 is 10.0 Å². The van der Waals surface area contributed by atoms with Crippen LogP contribution in [0.2, 0.25) is 5.02 Å². The van der Waals surface area contributed by atoms with Crippen LogP contribution >= 0.6 is 11.6 Å². The smallest absolute Gasteiger partial charge is 0.262 e. The molecule has 0 spiro atoms. The van der Waals surface area contributed by atoms with Gasteiger partial charge in [-0.15, -0.1) is 0 Å². The Kier molecular flexibility index (Phi) is 6.47. The van der Waals surface area contributed by atoms with Crippen LogP contribution in [0, 0.1) is 0 Å². The number of carbonyl (C=O) groups is 1. The monoisotopic (exact) mass is 398 g/mol. The number of amides is 1. The van der Waals surface area contributed by atoms with E-state index in [-0.39, 0.29) is 17.4 Å². The second kappa shape index (κ2) is 8.39. The lowest BCUT2D eigenvalue weighted by atomic mass is 10.3. The van der Waals surface area contributed by atoms with Crippen molar-refractivity contribution in [2.75, 3.05) is 33.1 Å². The quantitative estimate of drug-likeness (QED) is 0.774. The molecule has 0 aliphatic carbocycles. The van der Waals surface area contributed by atoms with Crippen molar-refractivity contribution in [3.8, 4) is 11.5 Å². The number of rotatable bonds is 7. The molecule has 9 heteroatoms. The van der Waals surface area contributed by atoms with Crippen LogP contribution in [0.3, 0.4) is 0 Å². The number of nitrogens with zero attached hydrogens (tertiary/aromatic N) is 1. The van der Waals surface area contributed by atoms with Crippen LogP contribution in [-0.2, 0) is 14.8 Å². The first-order valence-corrected chi connectivity index (χ1v) is 9.34. The van der Waals surface area contributed by atoms with Gasteiger partial charge in [0.25, 0.3) is 5.91 Å². The predicted octanol–water partition coefficient (Wildman–Crippen LogP) is 2.62. The summed E-state index contributed by atoms with van der Waals surface area (Å²) in [5.41, 5.74) is 0.511. The number of carbonyl (C=O) groups excluding carboxylic acids is 1. The zero-order chi connectivity index (χ0) is 19.3. The maximum atomic E-state index is 12.0. The number of sulfonamides is 1. The second-order valence-corrected chi connectivity index (χ2v) is 8.00. The molecule has 0 aliphatic rings. The highest BCUT2D eigenvalue weighted by molar-refractivity contribution is 7.89. The zero-order valence-corrected chi connectivity index (χ0v) is 16.1. The summed E-state index contributed by atoms with van der Waals surface area (Å²) in [6.07, 6.45) is 0. The first kappa shape index (κ1) is 20.0. The Balaban J connectivity index is 1.94. The molecule has 0 bridgehead atoms. The third-order valence-electron chi connectivity index (χ3n) is 3.41. The van der Waals surface area contributed by atoms with Crippen molar-refractivity contribution in [2.24, 2.45) is 0 Å². The van der Waals surface area contributed by atoms with Gasteiger partial charge in [-0.05, 0) is 42.5 Å². The van der Waals surface area contributed by atoms with Crippen LogP contribution in [0.5, 0.6) is 11.5 Å². The lowest BCUT2D eigenvalue weighted by Gasteiger charge is -2.12. The molecule has 0 radical (unpaired) electrons. The number of methoxy groups -OCH3 is 1. The molecular weight excluding hydrogens is 380 g/mol. The molecule has 2 aromatic carbocycles. The van der Waals surface area contributed by atoms with Gasteiger partial charge >= 0.3 is 0 Å². The fraction of sp³-hybridized carbons (Fsp3) is 0.235. The standard InChI is InChI=1S/C17H19ClN2O5S/c1-20(2)26(22,23)14-7-5-13(6-8-14)25-11-17(21)19-12-4-9-16(24-3)15(18)10-12/h4-10H,11H2,1-3H3,(H,19,21). The highest BCUT2D eigenvalue weighted by Gasteiger charge is 2.16. The average molecular weight is 399 g/mol. The fourth-order valence-electron chi connectivity index (χ4n) is 2.01. The van der Waals surface area contributed by atoms with Gasteiger partial charge in [0.15, 0.2) is 6.61 Å². The molecule has 0 aliphatic heterocycles. The van der Waals surface area contributed by atoms with E-state index in [0.29, 0.717) is 22.2 Å². The summed E-state index contributed by atoms with van der Waals surface area (Å²) in [6.45, 7) is -0.233. The lowest BCUT2D eigenvalue weighted by Crippen LogP contribution is -2.22. The van der Waals surface area contributed by atoms with E-state index in [4.69, 9.17) is 21.1 Å². The molecule has 26 heavy (non-hydrogen) atoms. The van der Waals surface area contributed by atoms with Gasteiger partial charge < -0.3 is 14.8 Å². The van der Waals surface area contributed by atoms with Crippen molar-refractivity contribution >= 4 is 33.2 Å². The largest absolute Gasteiger partial charge is 0.495 e. The highest BCUT2D eigenvalue weighted by atomic mass is 35.5. The zero-order valence-electron chi connectivity index (χ0n) is 14.5. The van der Waals surface area contributed by atoms with Gasteiger partial charge in [0.05, 0.1) is 17.0 Å². The van der Waals surface area contributed by atoms with Crippen LogP contribution in [-0.4, -0.2) is 46.4 Å². The molecule has 0 saturated carbocycles. The van der Waals surface area contributed by atoms with Crippen molar-refractivity contribution < 1.29 is 22.7 Å². The van der Waals surface area contributed by atoms with Crippen molar-refractivity contribution in [1.29, 1.82) is 0 Å². The number of hydrogen-bond donors (Lipinski definition) is 1. The molecule has 7 nitrogen and oxygen atoms in total. The Morgan fingerprint density at radius 3 is 2.35 bits per heavy atom. The summed E-state index contributed by atoms with van der Waals surface area (Å²) in [4.78, 5) is 12.1. The number of halogens is 1. The van der Waals surface area contributed by atoms with E-state index in [9.17, 15) is 13.2 Å². The normalized spacial score (nSPS) is 11.3. The van der Waals surface area contributed by atoms with Crippen molar-refractivity contribution in [1.82, 2.24) is 4.31 Å². The number of nitrogens with one attached hydrogen (secondary N) is 1. The van der Waals surface area contributed by atoms with Crippen molar-refractivity contribution in [2.45, 2.75) is 4.90 Å². The molecule has 2 aromatic rings. The third-order valence-corrected chi connectivity index (χ3v) is 5.53. The third kappa shape index (κ3) is 4.87. The van der Waals surface area contributed by atoms with Gasteiger partial charge in [-0.25, -0.2) is 12.7 Å². The SMILES string of the molecule is COc1ccc(NC(=O)COc2ccc(S(=O)(=O)N(C)C)cc2)cc1Cl. The number of anilines is 1. The van der Waals surface area contributed by atoms with E-state index in [1.54, 1.807) is 18.2 Å². The van der Waals surface area contributed by atoms with E-state index in [0.717, 1.165) is 4.31 Å². The van der Waals surface area contributed by atoms with Gasteiger partial charge in [0, 0.05) is 19.8 Å². The minimum atomic E-state index is -3.50. The second-order valence-electron chi connectivity index (χ2n) is 5.45. The Bertz CT molecular complexity index is 883. The molecule has 0 aromatic heterocycles. The topological polar surface area (TPSA) is 84.9 Å². The van der Waals surface area contributed by atoms with Crippen molar-refractivity contribution in [3.63, 3.8) is 0 Å². The van der Waals surface area contributed by atoms with E-state index in [2.05, 4.69) is 5.32 Å². The first-order chi connectivity index (χ1) is 12.2. The summed E-state index contributed by atoms with van der Waals surface area (Å²) in [7, 11) is 0.910. The maximum absolute atomic E-state index is 12.0. The molecule has 0 heterocycles.